The van der Waals surface area contributed by atoms with Crippen LogP contribution in [0.5, 0.6) is 0 Å². The molecule has 2 aromatic carbocycles. The fraction of sp³-hybridized carbons (Fsp3) is 0.235. The van der Waals surface area contributed by atoms with E-state index in [-0.39, 0.29) is 0 Å². The Hall–Kier alpha value is -2.09. The molecule has 0 unspecified atom stereocenters. The number of nitrogens with zero attached hydrogens (tertiary/aromatic N) is 1. The molecule has 1 saturated carbocycles. The van der Waals surface area contributed by atoms with Gasteiger partial charge < -0.3 is 5.73 Å². The molecule has 96 valence electrons. The summed E-state index contributed by atoms with van der Waals surface area (Å²) in [5.74, 6) is 1.31. The van der Waals surface area contributed by atoms with E-state index >= 15 is 0 Å². The Bertz CT molecular complexity index is 583. The van der Waals surface area contributed by atoms with E-state index in [1.807, 2.05) is 18.2 Å². The van der Waals surface area contributed by atoms with E-state index in [1.54, 1.807) is 0 Å². The SMILES string of the molecule is NC(=Nc1ccccc1Cc1ccccc1)C1CC1. The van der Waals surface area contributed by atoms with Gasteiger partial charge in [0, 0.05) is 5.92 Å². The normalized spacial score (nSPS) is 15.5. The Morgan fingerprint density at radius 3 is 2.42 bits per heavy atom. The maximum absolute atomic E-state index is 6.02. The predicted molar refractivity (Wildman–Crippen MR) is 79.7 cm³/mol. The maximum Gasteiger partial charge on any atom is 0.103 e. The second kappa shape index (κ2) is 5.27. The second-order valence-electron chi connectivity index (χ2n) is 5.10. The largest absolute Gasteiger partial charge is 0.387 e. The van der Waals surface area contributed by atoms with Gasteiger partial charge in [-0.05, 0) is 36.5 Å². The van der Waals surface area contributed by atoms with Crippen molar-refractivity contribution in [2.75, 3.05) is 0 Å². The summed E-state index contributed by atoms with van der Waals surface area (Å²) in [7, 11) is 0. The Morgan fingerprint density at radius 1 is 1.00 bits per heavy atom. The van der Waals surface area contributed by atoms with Crippen LogP contribution in [0.2, 0.25) is 0 Å². The lowest BCUT2D eigenvalue weighted by Crippen LogP contribution is -2.13. The van der Waals surface area contributed by atoms with E-state index in [2.05, 4.69) is 41.4 Å². The molecule has 0 aliphatic heterocycles. The van der Waals surface area contributed by atoms with Gasteiger partial charge in [0.25, 0.3) is 0 Å². The van der Waals surface area contributed by atoms with Crippen molar-refractivity contribution in [1.29, 1.82) is 0 Å². The number of para-hydroxylation sites is 1. The van der Waals surface area contributed by atoms with Crippen LogP contribution < -0.4 is 5.73 Å². The zero-order valence-corrected chi connectivity index (χ0v) is 10.9. The first-order chi connectivity index (χ1) is 9.33. The summed E-state index contributed by atoms with van der Waals surface area (Å²) in [4.78, 5) is 4.61. The van der Waals surface area contributed by atoms with Gasteiger partial charge in [-0.25, -0.2) is 4.99 Å². The molecule has 2 heteroatoms. The highest BCUT2D eigenvalue weighted by Crippen LogP contribution is 2.31. The molecular weight excluding hydrogens is 232 g/mol. The molecule has 0 saturated heterocycles. The minimum absolute atomic E-state index is 0.518. The number of hydrogen-bond donors (Lipinski definition) is 1. The molecule has 0 amide bonds. The van der Waals surface area contributed by atoms with E-state index in [9.17, 15) is 0 Å². The Morgan fingerprint density at radius 2 is 1.68 bits per heavy atom. The molecule has 1 aliphatic rings. The molecule has 3 rings (SSSR count). The molecule has 0 heterocycles. The van der Waals surface area contributed by atoms with Gasteiger partial charge in [-0.1, -0.05) is 48.5 Å². The third-order valence-corrected chi connectivity index (χ3v) is 3.47. The van der Waals surface area contributed by atoms with Gasteiger partial charge in [-0.15, -0.1) is 0 Å². The minimum Gasteiger partial charge on any atom is -0.387 e. The third-order valence-electron chi connectivity index (χ3n) is 3.47. The first-order valence-electron chi connectivity index (χ1n) is 6.79. The first kappa shape index (κ1) is 12.0. The molecule has 2 aromatic rings. The topological polar surface area (TPSA) is 38.4 Å². The van der Waals surface area contributed by atoms with Crippen LogP contribution in [0.15, 0.2) is 59.6 Å². The van der Waals surface area contributed by atoms with Gasteiger partial charge in [0.2, 0.25) is 0 Å². The fourth-order valence-electron chi connectivity index (χ4n) is 2.19. The van der Waals surface area contributed by atoms with Gasteiger partial charge in [-0.2, -0.15) is 0 Å². The number of rotatable bonds is 4. The van der Waals surface area contributed by atoms with Crippen molar-refractivity contribution in [3.8, 4) is 0 Å². The predicted octanol–water partition coefficient (Wildman–Crippen LogP) is 3.68. The standard InChI is InChI=1S/C17H18N2/c18-17(14-10-11-14)19-16-9-5-4-8-15(16)12-13-6-2-1-3-7-13/h1-9,14H,10-12H2,(H2,18,19). The van der Waals surface area contributed by atoms with E-state index in [0.29, 0.717) is 5.92 Å². The van der Waals surface area contributed by atoms with Crippen LogP contribution in [0.4, 0.5) is 5.69 Å². The molecule has 1 fully saturated rings. The van der Waals surface area contributed by atoms with Gasteiger partial charge >= 0.3 is 0 Å². The van der Waals surface area contributed by atoms with Gasteiger partial charge in [0.05, 0.1) is 5.69 Å². The number of amidine groups is 1. The highest BCUT2D eigenvalue weighted by molar-refractivity contribution is 5.87. The van der Waals surface area contributed by atoms with Crippen LogP contribution in [0, 0.1) is 5.92 Å². The summed E-state index contributed by atoms with van der Waals surface area (Å²) >= 11 is 0. The van der Waals surface area contributed by atoms with Crippen molar-refractivity contribution >= 4 is 11.5 Å². The van der Waals surface area contributed by atoms with Crippen LogP contribution in [0.3, 0.4) is 0 Å². The van der Waals surface area contributed by atoms with Crippen molar-refractivity contribution in [2.24, 2.45) is 16.6 Å². The quantitative estimate of drug-likeness (QED) is 0.652. The van der Waals surface area contributed by atoms with Crippen LogP contribution >= 0.6 is 0 Å². The summed E-state index contributed by atoms with van der Waals surface area (Å²) in [6.07, 6.45) is 3.28. The first-order valence-corrected chi connectivity index (χ1v) is 6.79. The maximum atomic E-state index is 6.02. The molecule has 2 nitrogen and oxygen atoms in total. The third kappa shape index (κ3) is 3.02. The zero-order chi connectivity index (χ0) is 13.1. The number of benzene rings is 2. The summed E-state index contributed by atoms with van der Waals surface area (Å²) < 4.78 is 0. The summed E-state index contributed by atoms with van der Waals surface area (Å²) in [6.45, 7) is 0. The van der Waals surface area contributed by atoms with E-state index in [0.717, 1.165) is 17.9 Å². The lowest BCUT2D eigenvalue weighted by Gasteiger charge is -2.07. The van der Waals surface area contributed by atoms with Crippen LogP contribution in [0.25, 0.3) is 0 Å². The Balaban J connectivity index is 1.87. The fourth-order valence-corrected chi connectivity index (χ4v) is 2.19. The molecular formula is C17H18N2. The summed E-state index contributed by atoms with van der Waals surface area (Å²) in [6, 6.07) is 18.7. The van der Waals surface area contributed by atoms with Crippen LogP contribution in [-0.4, -0.2) is 5.84 Å². The molecule has 0 bridgehead atoms. The van der Waals surface area contributed by atoms with Crippen molar-refractivity contribution < 1.29 is 0 Å². The Kier molecular flexibility index (Phi) is 3.32. The number of hydrogen-bond acceptors (Lipinski definition) is 1. The average molecular weight is 250 g/mol. The van der Waals surface area contributed by atoms with Crippen molar-refractivity contribution in [3.05, 3.63) is 65.7 Å². The number of aliphatic imine (C=N–C) groups is 1. The minimum atomic E-state index is 0.518. The summed E-state index contributed by atoms with van der Waals surface area (Å²) in [5.41, 5.74) is 9.57. The van der Waals surface area contributed by atoms with Crippen molar-refractivity contribution in [3.63, 3.8) is 0 Å². The smallest absolute Gasteiger partial charge is 0.103 e. The zero-order valence-electron chi connectivity index (χ0n) is 10.9. The van der Waals surface area contributed by atoms with Crippen molar-refractivity contribution in [2.45, 2.75) is 19.3 Å². The monoisotopic (exact) mass is 250 g/mol. The molecule has 0 radical (unpaired) electrons. The van der Waals surface area contributed by atoms with Crippen molar-refractivity contribution in [1.82, 2.24) is 0 Å². The highest BCUT2D eigenvalue weighted by Gasteiger charge is 2.25. The lowest BCUT2D eigenvalue weighted by molar-refractivity contribution is 1.13. The molecule has 0 aromatic heterocycles. The van der Waals surface area contributed by atoms with Crippen LogP contribution in [-0.2, 0) is 6.42 Å². The second-order valence-corrected chi connectivity index (χ2v) is 5.10. The molecule has 0 spiro atoms. The van der Waals surface area contributed by atoms with Gasteiger partial charge in [0.15, 0.2) is 0 Å². The molecule has 1 aliphatic carbocycles. The summed E-state index contributed by atoms with van der Waals surface area (Å²) in [5, 5.41) is 0. The van der Waals surface area contributed by atoms with E-state index < -0.39 is 0 Å². The van der Waals surface area contributed by atoms with Gasteiger partial charge in [0.1, 0.15) is 5.84 Å². The molecule has 2 N–H and O–H groups in total. The highest BCUT2D eigenvalue weighted by atomic mass is 14.9. The van der Waals surface area contributed by atoms with Crippen LogP contribution in [0.1, 0.15) is 24.0 Å². The number of nitrogens with two attached hydrogens (primary N) is 1. The Labute approximate surface area is 114 Å². The lowest BCUT2D eigenvalue weighted by atomic mass is 10.0. The van der Waals surface area contributed by atoms with E-state index in [4.69, 9.17) is 5.73 Å². The average Bonchev–Trinajstić information content (AvgIpc) is 3.26. The van der Waals surface area contributed by atoms with E-state index in [1.165, 1.54) is 24.0 Å². The van der Waals surface area contributed by atoms with Gasteiger partial charge in [-0.3, -0.25) is 0 Å². The molecule has 19 heavy (non-hydrogen) atoms. The molecule has 0 atom stereocenters.